The van der Waals surface area contributed by atoms with Crippen molar-refractivity contribution in [2.75, 3.05) is 20.7 Å². The highest BCUT2D eigenvalue weighted by Crippen LogP contribution is 2.30. The molecule has 0 saturated carbocycles. The predicted octanol–water partition coefficient (Wildman–Crippen LogP) is 3.50. The maximum atomic E-state index is 12.9. The van der Waals surface area contributed by atoms with E-state index in [9.17, 15) is 22.8 Å². The standard InChI is InChI=1S/C23H19N3O5S/c1-2-32(30,31)25-20-13-6-5-12-19(20)21(27)24-15-8-7-9-16(14-15)26-22(28)17-10-3-4-11-18(17)23(26)29/h3-14,25H,2H2,1H3,(H,24,27). The number of hydrogen-bond acceptors (Lipinski definition) is 5. The van der Waals surface area contributed by atoms with Crippen LogP contribution in [0.3, 0.4) is 0 Å². The Hall–Kier alpha value is -3.98. The van der Waals surface area contributed by atoms with Gasteiger partial charge in [-0.15, -0.1) is 0 Å². The topological polar surface area (TPSA) is 113 Å². The zero-order valence-corrected chi connectivity index (χ0v) is 17.8. The first-order valence-corrected chi connectivity index (χ1v) is 11.4. The minimum Gasteiger partial charge on any atom is -0.322 e. The quantitative estimate of drug-likeness (QED) is 0.560. The van der Waals surface area contributed by atoms with Crippen molar-refractivity contribution in [3.8, 4) is 0 Å². The van der Waals surface area contributed by atoms with Gasteiger partial charge in [0.1, 0.15) is 0 Å². The summed E-state index contributed by atoms with van der Waals surface area (Å²) in [5.74, 6) is -1.55. The molecule has 0 bridgehead atoms. The third kappa shape index (κ3) is 3.97. The van der Waals surface area contributed by atoms with Gasteiger partial charge in [0.2, 0.25) is 10.0 Å². The molecule has 1 aliphatic heterocycles. The molecule has 0 saturated heterocycles. The van der Waals surface area contributed by atoms with Crippen LogP contribution in [0.2, 0.25) is 0 Å². The van der Waals surface area contributed by atoms with Crippen LogP contribution in [0.15, 0.2) is 72.8 Å². The van der Waals surface area contributed by atoms with Crippen LogP contribution >= 0.6 is 0 Å². The SMILES string of the molecule is CCS(=O)(=O)Nc1ccccc1C(=O)Nc1cccc(N2C(=O)c3ccccc3C2=O)c1. The number of sulfonamides is 1. The van der Waals surface area contributed by atoms with Crippen molar-refractivity contribution in [2.24, 2.45) is 0 Å². The second kappa shape index (κ2) is 8.27. The number of anilines is 3. The van der Waals surface area contributed by atoms with E-state index in [1.165, 1.54) is 25.1 Å². The average molecular weight is 449 g/mol. The van der Waals surface area contributed by atoms with Crippen LogP contribution in [0.1, 0.15) is 38.0 Å². The van der Waals surface area contributed by atoms with Crippen LogP contribution in [-0.2, 0) is 10.0 Å². The smallest absolute Gasteiger partial charge is 0.266 e. The Morgan fingerprint density at radius 3 is 2.16 bits per heavy atom. The van der Waals surface area contributed by atoms with Crippen LogP contribution in [0, 0.1) is 0 Å². The van der Waals surface area contributed by atoms with Crippen LogP contribution < -0.4 is 14.9 Å². The summed E-state index contributed by atoms with van der Waals surface area (Å²) in [7, 11) is -3.57. The Labute approximate surface area is 184 Å². The van der Waals surface area contributed by atoms with Gasteiger partial charge in [-0.05, 0) is 49.4 Å². The third-order valence-electron chi connectivity index (χ3n) is 4.97. The van der Waals surface area contributed by atoms with Crippen molar-refractivity contribution in [3.63, 3.8) is 0 Å². The number of imide groups is 1. The number of hydrogen-bond donors (Lipinski definition) is 2. The summed E-state index contributed by atoms with van der Waals surface area (Å²) in [4.78, 5) is 39.4. The van der Waals surface area contributed by atoms with Crippen molar-refractivity contribution >= 4 is 44.8 Å². The summed E-state index contributed by atoms with van der Waals surface area (Å²) in [5.41, 5.74) is 1.60. The number of benzene rings is 3. The molecule has 0 aliphatic carbocycles. The highest BCUT2D eigenvalue weighted by Gasteiger charge is 2.36. The lowest BCUT2D eigenvalue weighted by atomic mass is 10.1. The maximum Gasteiger partial charge on any atom is 0.266 e. The van der Waals surface area contributed by atoms with Crippen molar-refractivity contribution in [1.82, 2.24) is 0 Å². The third-order valence-corrected chi connectivity index (χ3v) is 6.26. The summed E-state index contributed by atoms with van der Waals surface area (Å²) in [6.07, 6.45) is 0. The second-order valence-electron chi connectivity index (χ2n) is 7.05. The maximum absolute atomic E-state index is 12.9. The highest BCUT2D eigenvalue weighted by atomic mass is 32.2. The lowest BCUT2D eigenvalue weighted by Crippen LogP contribution is -2.29. The molecule has 32 heavy (non-hydrogen) atoms. The number of nitrogens with one attached hydrogen (secondary N) is 2. The molecule has 162 valence electrons. The monoisotopic (exact) mass is 449 g/mol. The number of carbonyl (C=O) groups excluding carboxylic acids is 3. The van der Waals surface area contributed by atoms with Crippen LogP contribution in [0.25, 0.3) is 0 Å². The fourth-order valence-corrected chi connectivity index (χ4v) is 4.01. The molecule has 3 amide bonds. The molecule has 8 nitrogen and oxygen atoms in total. The molecule has 0 aromatic heterocycles. The van der Waals surface area contributed by atoms with Gasteiger partial charge in [-0.1, -0.05) is 30.3 Å². The molecule has 1 heterocycles. The molecule has 0 atom stereocenters. The molecule has 4 rings (SSSR count). The summed E-state index contributed by atoms with van der Waals surface area (Å²) < 4.78 is 26.3. The van der Waals surface area contributed by atoms with Crippen molar-refractivity contribution in [3.05, 3.63) is 89.5 Å². The largest absolute Gasteiger partial charge is 0.322 e. The predicted molar refractivity (Wildman–Crippen MR) is 122 cm³/mol. The van der Waals surface area contributed by atoms with Gasteiger partial charge in [0.25, 0.3) is 17.7 Å². The Balaban J connectivity index is 1.60. The second-order valence-corrected chi connectivity index (χ2v) is 9.06. The van der Waals surface area contributed by atoms with Gasteiger partial charge in [0.05, 0.1) is 33.8 Å². The zero-order valence-electron chi connectivity index (χ0n) is 17.0. The Kier molecular flexibility index (Phi) is 5.50. The van der Waals surface area contributed by atoms with Crippen molar-refractivity contribution in [2.45, 2.75) is 6.92 Å². The van der Waals surface area contributed by atoms with Gasteiger partial charge in [0.15, 0.2) is 0 Å². The van der Waals surface area contributed by atoms with E-state index in [0.717, 1.165) is 4.90 Å². The van der Waals surface area contributed by atoms with Gasteiger partial charge < -0.3 is 5.32 Å². The number of amides is 3. The van der Waals surface area contributed by atoms with E-state index in [4.69, 9.17) is 0 Å². The molecule has 2 N–H and O–H groups in total. The summed E-state index contributed by atoms with van der Waals surface area (Å²) in [5, 5.41) is 2.69. The van der Waals surface area contributed by atoms with Crippen LogP contribution in [-0.4, -0.2) is 31.9 Å². The average Bonchev–Trinajstić information content (AvgIpc) is 3.04. The molecular formula is C23H19N3O5S. The molecule has 1 aliphatic rings. The summed E-state index contributed by atoms with van der Waals surface area (Å²) >= 11 is 0. The normalized spacial score (nSPS) is 13.1. The molecule has 9 heteroatoms. The fraction of sp³-hybridized carbons (Fsp3) is 0.0870. The number of fused-ring (bicyclic) bond motifs is 1. The van der Waals surface area contributed by atoms with Crippen molar-refractivity contribution < 1.29 is 22.8 Å². The van der Waals surface area contributed by atoms with Gasteiger partial charge in [0, 0.05) is 5.69 Å². The van der Waals surface area contributed by atoms with E-state index in [1.54, 1.807) is 54.6 Å². The number of rotatable bonds is 6. The van der Waals surface area contributed by atoms with Gasteiger partial charge in [-0.2, -0.15) is 0 Å². The van der Waals surface area contributed by atoms with E-state index in [2.05, 4.69) is 10.0 Å². The number of para-hydroxylation sites is 1. The minimum atomic E-state index is -3.57. The first-order chi connectivity index (χ1) is 15.3. The number of nitrogens with zero attached hydrogens (tertiary/aromatic N) is 1. The molecule has 0 spiro atoms. The fourth-order valence-electron chi connectivity index (χ4n) is 3.35. The molecule has 0 unspecified atom stereocenters. The first-order valence-electron chi connectivity index (χ1n) is 9.79. The zero-order chi connectivity index (χ0) is 22.9. The van der Waals surface area contributed by atoms with E-state index in [0.29, 0.717) is 22.5 Å². The first kappa shape index (κ1) is 21.3. The van der Waals surface area contributed by atoms with Crippen LogP contribution in [0.4, 0.5) is 17.1 Å². The van der Waals surface area contributed by atoms with E-state index in [1.807, 2.05) is 0 Å². The molecule has 3 aromatic rings. The van der Waals surface area contributed by atoms with Gasteiger partial charge >= 0.3 is 0 Å². The summed E-state index contributed by atoms with van der Waals surface area (Å²) in [6.45, 7) is 1.50. The molecule has 0 fully saturated rings. The summed E-state index contributed by atoms with van der Waals surface area (Å²) in [6, 6.07) is 19.1. The minimum absolute atomic E-state index is 0.134. The van der Waals surface area contributed by atoms with E-state index >= 15 is 0 Å². The number of carbonyl (C=O) groups is 3. The van der Waals surface area contributed by atoms with Gasteiger partial charge in [-0.25, -0.2) is 13.3 Å². The van der Waals surface area contributed by atoms with Crippen molar-refractivity contribution in [1.29, 1.82) is 0 Å². The molecule has 0 radical (unpaired) electrons. The highest BCUT2D eigenvalue weighted by molar-refractivity contribution is 7.92. The van der Waals surface area contributed by atoms with E-state index in [-0.39, 0.29) is 17.0 Å². The molecule has 3 aromatic carbocycles. The molecular weight excluding hydrogens is 430 g/mol. The Bertz CT molecular complexity index is 1320. The Morgan fingerprint density at radius 2 is 1.50 bits per heavy atom. The lowest BCUT2D eigenvalue weighted by Gasteiger charge is -2.16. The lowest BCUT2D eigenvalue weighted by molar-refractivity contribution is 0.0925. The van der Waals surface area contributed by atoms with Crippen LogP contribution in [0.5, 0.6) is 0 Å². The van der Waals surface area contributed by atoms with E-state index < -0.39 is 27.7 Å². The van der Waals surface area contributed by atoms with Gasteiger partial charge in [-0.3, -0.25) is 19.1 Å². The Morgan fingerprint density at radius 1 is 0.875 bits per heavy atom.